The lowest BCUT2D eigenvalue weighted by molar-refractivity contribution is -0.0680. The molecule has 1 aliphatic heterocycles. The second-order valence-corrected chi connectivity index (χ2v) is 9.98. The monoisotopic (exact) mass is 423 g/mol. The van der Waals surface area contributed by atoms with Crippen LogP contribution in [0.5, 0.6) is 17.2 Å². The third-order valence-electron chi connectivity index (χ3n) is 5.70. The number of phenolic OH excluding ortho intramolecular Hbond substituents is 1. The maximum absolute atomic E-state index is 10.9. The minimum Gasteiger partial charge on any atom is -0.502 e. The average Bonchev–Trinajstić information content (AvgIpc) is 2.61. The zero-order valence-electron chi connectivity index (χ0n) is 20.2. The summed E-state index contributed by atoms with van der Waals surface area (Å²) in [6.07, 6.45) is -0.0536. The Hall–Kier alpha value is -1.50. The number of hydrogen-bond donors (Lipinski definition) is 2. The smallest absolute Gasteiger partial charge is 0.201 e. The SMILES string of the molecule is CCOC(C)Oc1cc(C2(CC(C)(C)C)NCC2(C)C)cc(OC(C)OCC)c1O. The summed E-state index contributed by atoms with van der Waals surface area (Å²) in [5, 5.41) is 14.6. The Morgan fingerprint density at radius 1 is 1.00 bits per heavy atom. The quantitative estimate of drug-likeness (QED) is 0.506. The van der Waals surface area contributed by atoms with Gasteiger partial charge >= 0.3 is 0 Å². The van der Waals surface area contributed by atoms with E-state index in [-0.39, 0.29) is 22.1 Å². The van der Waals surface area contributed by atoms with Gasteiger partial charge in [-0.1, -0.05) is 34.6 Å². The Kier molecular flexibility index (Phi) is 7.70. The maximum Gasteiger partial charge on any atom is 0.201 e. The first-order valence-electron chi connectivity index (χ1n) is 11.0. The first-order valence-corrected chi connectivity index (χ1v) is 11.0. The lowest BCUT2D eigenvalue weighted by Gasteiger charge is -2.60. The van der Waals surface area contributed by atoms with Crippen LogP contribution in [0.1, 0.15) is 74.3 Å². The van der Waals surface area contributed by atoms with Gasteiger partial charge in [0.15, 0.2) is 24.1 Å². The average molecular weight is 424 g/mol. The third kappa shape index (κ3) is 5.40. The highest BCUT2D eigenvalue weighted by atomic mass is 16.7. The van der Waals surface area contributed by atoms with E-state index in [1.165, 1.54) is 0 Å². The van der Waals surface area contributed by atoms with Gasteiger partial charge in [0, 0.05) is 19.8 Å². The first kappa shape index (κ1) is 24.8. The Bertz CT molecular complexity index is 677. The van der Waals surface area contributed by atoms with Crippen LogP contribution in [0.2, 0.25) is 0 Å². The van der Waals surface area contributed by atoms with Crippen molar-refractivity contribution in [2.24, 2.45) is 10.8 Å². The van der Waals surface area contributed by atoms with E-state index >= 15 is 0 Å². The highest BCUT2D eigenvalue weighted by molar-refractivity contribution is 5.55. The third-order valence-corrected chi connectivity index (χ3v) is 5.70. The molecule has 3 unspecified atom stereocenters. The minimum absolute atomic E-state index is 0.0306. The highest BCUT2D eigenvalue weighted by Gasteiger charge is 2.55. The van der Waals surface area contributed by atoms with Crippen LogP contribution in [0, 0.1) is 10.8 Å². The molecule has 1 aromatic rings. The summed E-state index contributed by atoms with van der Waals surface area (Å²) in [5.41, 5.74) is 0.896. The molecule has 30 heavy (non-hydrogen) atoms. The van der Waals surface area contributed by atoms with Crippen LogP contribution in [0.15, 0.2) is 12.1 Å². The Morgan fingerprint density at radius 3 is 1.77 bits per heavy atom. The standard InChI is InChI=1S/C24H41NO5/c1-10-27-16(3)29-19-12-18(13-20(21(19)26)30-17(4)28-11-2)24(14-22(5,6)7)23(8,9)15-25-24/h12-13,16-17,25-26H,10-11,14-15H2,1-9H3. The van der Waals surface area contributed by atoms with Crippen LogP contribution >= 0.6 is 0 Å². The predicted octanol–water partition coefficient (Wildman–Crippen LogP) is 5.18. The van der Waals surface area contributed by atoms with Crippen molar-refractivity contribution in [2.45, 2.75) is 86.9 Å². The van der Waals surface area contributed by atoms with Crippen molar-refractivity contribution >= 4 is 0 Å². The maximum atomic E-state index is 10.9. The van der Waals surface area contributed by atoms with Crippen molar-refractivity contribution in [3.63, 3.8) is 0 Å². The molecular formula is C24H41NO5. The summed E-state index contributed by atoms with van der Waals surface area (Å²) < 4.78 is 23.0. The van der Waals surface area contributed by atoms with E-state index in [2.05, 4.69) is 39.9 Å². The van der Waals surface area contributed by atoms with Gasteiger partial charge in [0.05, 0.1) is 5.54 Å². The fourth-order valence-electron chi connectivity index (χ4n) is 4.25. The van der Waals surface area contributed by atoms with E-state index < -0.39 is 12.6 Å². The van der Waals surface area contributed by atoms with Gasteiger partial charge < -0.3 is 29.4 Å². The molecule has 0 aliphatic carbocycles. The highest BCUT2D eigenvalue weighted by Crippen LogP contribution is 2.55. The first-order chi connectivity index (χ1) is 13.8. The molecule has 1 saturated heterocycles. The number of benzene rings is 1. The number of phenols is 1. The molecular weight excluding hydrogens is 382 g/mol. The lowest BCUT2D eigenvalue weighted by Crippen LogP contribution is -2.69. The van der Waals surface area contributed by atoms with E-state index in [4.69, 9.17) is 18.9 Å². The summed E-state index contributed by atoms with van der Waals surface area (Å²) >= 11 is 0. The molecule has 2 N–H and O–H groups in total. The molecule has 3 atom stereocenters. The van der Waals surface area contributed by atoms with E-state index in [1.807, 2.05) is 39.8 Å². The molecule has 0 radical (unpaired) electrons. The Balaban J connectivity index is 2.56. The van der Waals surface area contributed by atoms with Gasteiger partial charge in [-0.05, 0) is 62.6 Å². The van der Waals surface area contributed by atoms with Crippen LogP contribution in [0.25, 0.3) is 0 Å². The van der Waals surface area contributed by atoms with Crippen molar-refractivity contribution in [1.29, 1.82) is 0 Å². The topological polar surface area (TPSA) is 69.2 Å². The van der Waals surface area contributed by atoms with Gasteiger partial charge in [0.25, 0.3) is 0 Å². The van der Waals surface area contributed by atoms with Crippen LogP contribution < -0.4 is 14.8 Å². The summed E-state index contributed by atoms with van der Waals surface area (Å²) in [6, 6.07) is 3.84. The largest absolute Gasteiger partial charge is 0.502 e. The molecule has 1 fully saturated rings. The molecule has 1 aromatic carbocycles. The van der Waals surface area contributed by atoms with Crippen LogP contribution in [0.3, 0.4) is 0 Å². The van der Waals surface area contributed by atoms with Crippen LogP contribution in [0.4, 0.5) is 0 Å². The molecule has 0 spiro atoms. The van der Waals surface area contributed by atoms with Crippen molar-refractivity contribution in [2.75, 3.05) is 19.8 Å². The number of rotatable bonds is 10. The van der Waals surface area contributed by atoms with Crippen LogP contribution in [-0.2, 0) is 15.0 Å². The second-order valence-electron chi connectivity index (χ2n) is 9.98. The molecule has 2 rings (SSSR count). The molecule has 6 heteroatoms. The van der Waals surface area contributed by atoms with Gasteiger partial charge in [-0.15, -0.1) is 0 Å². The molecule has 1 aliphatic rings. The van der Waals surface area contributed by atoms with E-state index in [0.29, 0.717) is 24.7 Å². The van der Waals surface area contributed by atoms with Crippen molar-refractivity contribution < 1.29 is 24.1 Å². The summed E-state index contributed by atoms with van der Waals surface area (Å²) in [6.45, 7) is 20.7. The van der Waals surface area contributed by atoms with E-state index in [9.17, 15) is 5.11 Å². The molecule has 6 nitrogen and oxygen atoms in total. The van der Waals surface area contributed by atoms with Crippen molar-refractivity contribution in [3.05, 3.63) is 17.7 Å². The van der Waals surface area contributed by atoms with Gasteiger partial charge in [-0.2, -0.15) is 0 Å². The van der Waals surface area contributed by atoms with Crippen molar-refractivity contribution in [1.82, 2.24) is 5.32 Å². The van der Waals surface area contributed by atoms with E-state index in [0.717, 1.165) is 18.5 Å². The minimum atomic E-state index is -0.491. The number of ether oxygens (including phenoxy) is 4. The molecule has 0 saturated carbocycles. The molecule has 0 aromatic heterocycles. The molecule has 1 heterocycles. The summed E-state index contributed by atoms with van der Waals surface area (Å²) in [4.78, 5) is 0. The molecule has 0 amide bonds. The van der Waals surface area contributed by atoms with Gasteiger partial charge in [0.2, 0.25) is 5.75 Å². The zero-order chi connectivity index (χ0) is 22.7. The molecule has 172 valence electrons. The summed E-state index contributed by atoms with van der Waals surface area (Å²) in [7, 11) is 0. The van der Waals surface area contributed by atoms with Gasteiger partial charge in [-0.3, -0.25) is 0 Å². The van der Waals surface area contributed by atoms with Crippen molar-refractivity contribution in [3.8, 4) is 17.2 Å². The molecule has 0 bridgehead atoms. The fraction of sp³-hybridized carbons (Fsp3) is 0.750. The van der Waals surface area contributed by atoms with Gasteiger partial charge in [-0.25, -0.2) is 0 Å². The van der Waals surface area contributed by atoms with Crippen LogP contribution in [-0.4, -0.2) is 37.4 Å². The summed E-state index contributed by atoms with van der Waals surface area (Å²) in [5.74, 6) is 0.662. The Labute approximate surface area is 182 Å². The second kappa shape index (κ2) is 9.33. The number of hydrogen-bond acceptors (Lipinski definition) is 6. The lowest BCUT2D eigenvalue weighted by atomic mass is 9.57. The van der Waals surface area contributed by atoms with Gasteiger partial charge in [0.1, 0.15) is 0 Å². The fourth-order valence-corrected chi connectivity index (χ4v) is 4.25. The predicted molar refractivity (Wildman–Crippen MR) is 119 cm³/mol. The number of aromatic hydroxyl groups is 1. The number of nitrogens with one attached hydrogen (secondary N) is 1. The van der Waals surface area contributed by atoms with E-state index in [1.54, 1.807) is 0 Å². The zero-order valence-corrected chi connectivity index (χ0v) is 20.2. The normalized spacial score (nSPS) is 22.8. The Morgan fingerprint density at radius 2 is 1.47 bits per heavy atom.